The van der Waals surface area contributed by atoms with Crippen molar-refractivity contribution in [3.63, 3.8) is 0 Å². The molecule has 0 saturated carbocycles. The van der Waals surface area contributed by atoms with Gasteiger partial charge in [0.2, 0.25) is 0 Å². The molecular formula is C30H25F2NO7. The molecule has 0 aliphatic rings. The van der Waals surface area contributed by atoms with E-state index in [0.717, 1.165) is 24.3 Å². The molecule has 4 aromatic rings. The number of nitrogens with zero attached hydrogens (tertiary/aromatic N) is 1. The van der Waals surface area contributed by atoms with Crippen molar-refractivity contribution in [3.05, 3.63) is 131 Å². The lowest BCUT2D eigenvalue weighted by molar-refractivity contribution is -0.0541. The van der Waals surface area contributed by atoms with Crippen LogP contribution in [0.2, 0.25) is 0 Å². The summed E-state index contributed by atoms with van der Waals surface area (Å²) < 4.78 is 44.1. The number of carbonyl (C=O) groups is 1. The minimum absolute atomic E-state index is 0.0617. The standard InChI is InChI=1S/C30H25F2NO7/c31-21-11-13-23(27(33-37)28(34)19-7-3-1-4-8-19)25(15-21)39-17-38-18-40-26-16-22(32)12-14-24(26)30(36)29(35)20-9-5-2-6-10-20/h1-16,28-29,34-35,37H,17-18H2. The zero-order valence-electron chi connectivity index (χ0n) is 21.0. The number of oxime groups is 1. The third-order valence-corrected chi connectivity index (χ3v) is 5.87. The maximum atomic E-state index is 14.0. The van der Waals surface area contributed by atoms with Crippen LogP contribution in [0.3, 0.4) is 0 Å². The van der Waals surface area contributed by atoms with Gasteiger partial charge >= 0.3 is 0 Å². The molecule has 40 heavy (non-hydrogen) atoms. The number of ketones is 1. The Labute approximate surface area is 228 Å². The fraction of sp³-hybridized carbons (Fsp3) is 0.133. The van der Waals surface area contributed by atoms with E-state index in [4.69, 9.17) is 14.2 Å². The maximum absolute atomic E-state index is 14.0. The third kappa shape index (κ3) is 6.86. The lowest BCUT2D eigenvalue weighted by Gasteiger charge is -2.17. The molecule has 2 unspecified atom stereocenters. The molecule has 3 N–H and O–H groups in total. The zero-order valence-corrected chi connectivity index (χ0v) is 21.0. The van der Waals surface area contributed by atoms with Crippen LogP contribution in [0.4, 0.5) is 8.78 Å². The molecule has 206 valence electrons. The first-order chi connectivity index (χ1) is 19.4. The number of carbonyl (C=O) groups excluding carboxylic acids is 1. The Morgan fingerprint density at radius 1 is 0.700 bits per heavy atom. The molecule has 0 fully saturated rings. The Morgan fingerprint density at radius 2 is 1.18 bits per heavy atom. The SMILES string of the molecule is O=C(c1ccc(F)cc1OCOCOc1cc(F)ccc1C(=NO)C(O)c1ccccc1)C(O)c1ccccc1. The van der Waals surface area contributed by atoms with E-state index in [1.807, 2.05) is 0 Å². The van der Waals surface area contributed by atoms with Crippen molar-refractivity contribution in [2.45, 2.75) is 12.2 Å². The van der Waals surface area contributed by atoms with Crippen molar-refractivity contribution in [1.82, 2.24) is 0 Å². The molecule has 0 saturated heterocycles. The number of ether oxygens (including phenoxy) is 3. The lowest BCUT2D eigenvalue weighted by atomic mass is 9.98. The Bertz CT molecular complexity index is 1470. The van der Waals surface area contributed by atoms with Gasteiger partial charge in [-0.05, 0) is 35.4 Å². The zero-order chi connectivity index (χ0) is 28.5. The van der Waals surface area contributed by atoms with E-state index in [1.165, 1.54) is 12.1 Å². The number of aliphatic hydroxyl groups excluding tert-OH is 2. The monoisotopic (exact) mass is 549 g/mol. The van der Waals surface area contributed by atoms with Crippen LogP contribution in [0.1, 0.15) is 39.3 Å². The highest BCUT2D eigenvalue weighted by Crippen LogP contribution is 2.28. The number of rotatable bonds is 12. The average Bonchev–Trinajstić information content (AvgIpc) is 2.98. The fourth-order valence-electron chi connectivity index (χ4n) is 3.87. The maximum Gasteiger partial charge on any atom is 0.199 e. The Balaban J connectivity index is 1.41. The van der Waals surface area contributed by atoms with Crippen LogP contribution in [0.15, 0.2) is 102 Å². The summed E-state index contributed by atoms with van der Waals surface area (Å²) in [5, 5.41) is 34.0. The first kappa shape index (κ1) is 28.4. The van der Waals surface area contributed by atoms with Crippen molar-refractivity contribution in [3.8, 4) is 11.5 Å². The highest BCUT2D eigenvalue weighted by Gasteiger charge is 2.24. The molecule has 8 nitrogen and oxygen atoms in total. The Hall–Kier alpha value is -4.64. The first-order valence-electron chi connectivity index (χ1n) is 12.0. The van der Waals surface area contributed by atoms with Crippen LogP contribution in [0.25, 0.3) is 0 Å². The van der Waals surface area contributed by atoms with Gasteiger partial charge in [-0.15, -0.1) is 0 Å². The minimum Gasteiger partial charge on any atom is -0.467 e. The minimum atomic E-state index is -1.49. The smallest absolute Gasteiger partial charge is 0.199 e. The third-order valence-electron chi connectivity index (χ3n) is 5.87. The van der Waals surface area contributed by atoms with Gasteiger partial charge in [0.1, 0.15) is 41.1 Å². The number of Topliss-reactive ketones (excluding diaryl/α,β-unsaturated/α-hetero) is 1. The molecule has 0 radical (unpaired) electrons. The number of hydrogen-bond acceptors (Lipinski definition) is 8. The summed E-state index contributed by atoms with van der Waals surface area (Å²) in [5.41, 5.74) is 0.665. The molecule has 0 aromatic heterocycles. The molecule has 2 atom stereocenters. The molecule has 4 rings (SSSR count). The van der Waals surface area contributed by atoms with E-state index in [0.29, 0.717) is 11.1 Å². The van der Waals surface area contributed by atoms with Gasteiger partial charge in [-0.25, -0.2) is 8.78 Å². The van der Waals surface area contributed by atoms with E-state index in [1.54, 1.807) is 60.7 Å². The van der Waals surface area contributed by atoms with Gasteiger partial charge in [0.15, 0.2) is 19.4 Å². The predicted octanol–water partition coefficient (Wildman–Crippen LogP) is 5.18. The van der Waals surface area contributed by atoms with Crippen LogP contribution in [-0.2, 0) is 4.74 Å². The number of benzene rings is 4. The van der Waals surface area contributed by atoms with E-state index in [9.17, 15) is 29.0 Å². The molecule has 0 heterocycles. The van der Waals surface area contributed by atoms with Crippen molar-refractivity contribution in [2.75, 3.05) is 13.6 Å². The van der Waals surface area contributed by atoms with Gasteiger partial charge in [-0.1, -0.05) is 65.8 Å². The van der Waals surface area contributed by atoms with E-state index >= 15 is 0 Å². The summed E-state index contributed by atoms with van der Waals surface area (Å²) in [4.78, 5) is 12.9. The second-order valence-electron chi connectivity index (χ2n) is 8.49. The van der Waals surface area contributed by atoms with Crippen LogP contribution in [0.5, 0.6) is 11.5 Å². The summed E-state index contributed by atoms with van der Waals surface area (Å²) in [6.45, 7) is -0.981. The lowest BCUT2D eigenvalue weighted by Crippen LogP contribution is -2.17. The van der Waals surface area contributed by atoms with E-state index in [-0.39, 0.29) is 28.3 Å². The van der Waals surface area contributed by atoms with Gasteiger partial charge in [0, 0.05) is 17.7 Å². The van der Waals surface area contributed by atoms with Crippen molar-refractivity contribution in [2.24, 2.45) is 5.16 Å². The molecule has 0 spiro atoms. The summed E-state index contributed by atoms with van der Waals surface area (Å²) >= 11 is 0. The van der Waals surface area contributed by atoms with Gasteiger partial charge < -0.3 is 29.6 Å². The average molecular weight is 550 g/mol. The van der Waals surface area contributed by atoms with E-state index in [2.05, 4.69) is 5.16 Å². The molecular weight excluding hydrogens is 524 g/mol. The molecule has 0 amide bonds. The highest BCUT2D eigenvalue weighted by molar-refractivity contribution is 6.06. The summed E-state index contributed by atoms with van der Waals surface area (Å²) in [6, 6.07) is 23.3. The van der Waals surface area contributed by atoms with Crippen LogP contribution in [-0.4, -0.2) is 40.5 Å². The summed E-state index contributed by atoms with van der Waals surface area (Å²) in [6.07, 6.45) is -2.82. The topological polar surface area (TPSA) is 118 Å². The molecule has 0 aliphatic heterocycles. The first-order valence-corrected chi connectivity index (χ1v) is 12.0. The number of aliphatic hydroxyl groups is 2. The molecule has 0 aliphatic carbocycles. The Morgan fingerprint density at radius 3 is 1.70 bits per heavy atom. The van der Waals surface area contributed by atoms with Crippen LogP contribution >= 0.6 is 0 Å². The normalized spacial score (nSPS) is 12.9. The quantitative estimate of drug-likeness (QED) is 0.0557. The molecule has 0 bridgehead atoms. The predicted molar refractivity (Wildman–Crippen MR) is 140 cm³/mol. The van der Waals surface area contributed by atoms with Crippen molar-refractivity contribution < 1.29 is 43.2 Å². The van der Waals surface area contributed by atoms with Gasteiger partial charge in [0.05, 0.1) is 5.56 Å². The fourth-order valence-corrected chi connectivity index (χ4v) is 3.87. The van der Waals surface area contributed by atoms with Gasteiger partial charge in [-0.2, -0.15) is 0 Å². The van der Waals surface area contributed by atoms with Crippen molar-refractivity contribution in [1.29, 1.82) is 0 Å². The van der Waals surface area contributed by atoms with E-state index < -0.39 is 43.2 Å². The highest BCUT2D eigenvalue weighted by atomic mass is 19.1. The summed E-state index contributed by atoms with van der Waals surface area (Å²) in [5.74, 6) is -2.27. The summed E-state index contributed by atoms with van der Waals surface area (Å²) in [7, 11) is 0. The van der Waals surface area contributed by atoms with Crippen LogP contribution in [0, 0.1) is 11.6 Å². The Kier molecular flexibility index (Phi) is 9.53. The second-order valence-corrected chi connectivity index (χ2v) is 8.49. The number of halogens is 2. The molecule has 4 aromatic carbocycles. The number of hydrogen-bond donors (Lipinski definition) is 3. The van der Waals surface area contributed by atoms with Gasteiger partial charge in [-0.3, -0.25) is 4.79 Å². The van der Waals surface area contributed by atoms with Crippen LogP contribution < -0.4 is 9.47 Å². The largest absolute Gasteiger partial charge is 0.467 e. The second kappa shape index (κ2) is 13.4. The van der Waals surface area contributed by atoms with Crippen molar-refractivity contribution >= 4 is 11.5 Å². The molecule has 10 heteroatoms. The van der Waals surface area contributed by atoms with Gasteiger partial charge in [0.25, 0.3) is 0 Å².